The average molecular weight is 432 g/mol. The van der Waals surface area contributed by atoms with Gasteiger partial charge in [0.15, 0.2) is 0 Å². The fraction of sp³-hybridized carbons (Fsp3) is 0.350. The standard InChI is InChI=1S/C20H24N4O7/c1-12-9-23(18(29)22-17(12)28)10-15(25)24(11-16(26)27)14-8-6-5-7-13(14)21-19(30)31-20(2,3)4/h5-9H,10-11H2,1-4H3,(H,21,30)(H,26,27)(H,22,28,29). The monoisotopic (exact) mass is 432 g/mol. The topological polar surface area (TPSA) is 151 Å². The van der Waals surface area contributed by atoms with Crippen LogP contribution in [-0.4, -0.2) is 44.8 Å². The Morgan fingerprint density at radius 2 is 1.84 bits per heavy atom. The van der Waals surface area contributed by atoms with Gasteiger partial charge in [-0.2, -0.15) is 0 Å². The number of carboxylic acids is 1. The van der Waals surface area contributed by atoms with Gasteiger partial charge in [0.05, 0.1) is 11.4 Å². The molecule has 0 radical (unpaired) electrons. The molecule has 2 amide bonds. The van der Waals surface area contributed by atoms with E-state index in [0.717, 1.165) is 9.47 Å². The number of benzene rings is 1. The number of para-hydroxylation sites is 2. The normalized spacial score (nSPS) is 11.0. The van der Waals surface area contributed by atoms with Gasteiger partial charge in [-0.05, 0) is 39.8 Å². The number of H-pyrrole nitrogens is 1. The summed E-state index contributed by atoms with van der Waals surface area (Å²) in [6, 6.07) is 6.09. The van der Waals surface area contributed by atoms with Crippen LogP contribution in [0, 0.1) is 6.92 Å². The van der Waals surface area contributed by atoms with Gasteiger partial charge < -0.3 is 9.84 Å². The molecule has 11 heteroatoms. The lowest BCUT2D eigenvalue weighted by Gasteiger charge is -2.25. The second-order valence-electron chi connectivity index (χ2n) is 7.72. The molecule has 0 saturated carbocycles. The van der Waals surface area contributed by atoms with E-state index in [1.165, 1.54) is 25.3 Å². The average Bonchev–Trinajstić information content (AvgIpc) is 2.63. The molecule has 3 N–H and O–H groups in total. The summed E-state index contributed by atoms with van der Waals surface area (Å²) in [6.07, 6.45) is 0.429. The van der Waals surface area contributed by atoms with Crippen molar-refractivity contribution >= 4 is 29.3 Å². The van der Waals surface area contributed by atoms with E-state index < -0.39 is 47.9 Å². The van der Waals surface area contributed by atoms with E-state index in [0.29, 0.717) is 0 Å². The zero-order chi connectivity index (χ0) is 23.3. The van der Waals surface area contributed by atoms with Crippen LogP contribution in [-0.2, 0) is 20.9 Å². The van der Waals surface area contributed by atoms with Crippen LogP contribution in [0.1, 0.15) is 26.3 Å². The molecule has 31 heavy (non-hydrogen) atoms. The maximum Gasteiger partial charge on any atom is 0.412 e. The van der Waals surface area contributed by atoms with Gasteiger partial charge in [0.25, 0.3) is 5.56 Å². The number of aryl methyl sites for hydroxylation is 1. The number of amides is 2. The number of hydrogen-bond acceptors (Lipinski definition) is 6. The van der Waals surface area contributed by atoms with Crippen molar-refractivity contribution in [3.63, 3.8) is 0 Å². The quantitative estimate of drug-likeness (QED) is 0.622. The van der Waals surface area contributed by atoms with E-state index in [4.69, 9.17) is 4.74 Å². The number of aliphatic carboxylic acids is 1. The minimum absolute atomic E-state index is 0.106. The number of ether oxygens (including phenoxy) is 1. The zero-order valence-corrected chi connectivity index (χ0v) is 17.6. The Bertz CT molecular complexity index is 1110. The number of anilines is 2. The molecule has 0 unspecified atom stereocenters. The molecule has 0 fully saturated rings. The number of nitrogens with zero attached hydrogens (tertiary/aromatic N) is 2. The molecule has 166 valence electrons. The van der Waals surface area contributed by atoms with Crippen molar-refractivity contribution in [1.29, 1.82) is 0 Å². The lowest BCUT2D eigenvalue weighted by molar-refractivity contribution is -0.136. The van der Waals surface area contributed by atoms with E-state index in [-0.39, 0.29) is 16.9 Å². The first-order valence-electron chi connectivity index (χ1n) is 9.29. The summed E-state index contributed by atoms with van der Waals surface area (Å²) in [5, 5.41) is 11.8. The maximum atomic E-state index is 12.9. The van der Waals surface area contributed by atoms with Crippen molar-refractivity contribution in [2.45, 2.75) is 39.8 Å². The third kappa shape index (κ3) is 6.56. The number of aromatic nitrogens is 2. The third-order valence-electron chi connectivity index (χ3n) is 3.92. The fourth-order valence-corrected chi connectivity index (χ4v) is 2.64. The third-order valence-corrected chi connectivity index (χ3v) is 3.92. The molecule has 0 aliphatic rings. The molecular formula is C20H24N4O7. The van der Waals surface area contributed by atoms with Crippen molar-refractivity contribution in [2.75, 3.05) is 16.8 Å². The molecule has 1 heterocycles. The summed E-state index contributed by atoms with van der Waals surface area (Å²) in [5.41, 5.74) is -1.68. The van der Waals surface area contributed by atoms with E-state index in [1.807, 2.05) is 0 Å². The second kappa shape index (κ2) is 9.28. The lowest BCUT2D eigenvalue weighted by Crippen LogP contribution is -2.41. The smallest absolute Gasteiger partial charge is 0.412 e. The van der Waals surface area contributed by atoms with Gasteiger partial charge in [-0.3, -0.25) is 34.2 Å². The Morgan fingerprint density at radius 3 is 2.45 bits per heavy atom. The summed E-state index contributed by atoms with van der Waals surface area (Å²) < 4.78 is 6.17. The number of aromatic amines is 1. The van der Waals surface area contributed by atoms with Gasteiger partial charge in [-0.1, -0.05) is 12.1 Å². The van der Waals surface area contributed by atoms with Crippen LogP contribution in [0.5, 0.6) is 0 Å². The van der Waals surface area contributed by atoms with Crippen molar-refractivity contribution in [3.8, 4) is 0 Å². The van der Waals surface area contributed by atoms with Crippen LogP contribution in [0.4, 0.5) is 16.2 Å². The number of hydrogen-bond donors (Lipinski definition) is 3. The Morgan fingerprint density at radius 1 is 1.19 bits per heavy atom. The maximum absolute atomic E-state index is 12.9. The van der Waals surface area contributed by atoms with Gasteiger partial charge in [0.2, 0.25) is 5.91 Å². The van der Waals surface area contributed by atoms with Gasteiger partial charge in [0, 0.05) is 11.8 Å². The summed E-state index contributed by atoms with van der Waals surface area (Å²) in [7, 11) is 0. The Balaban J connectivity index is 2.39. The van der Waals surface area contributed by atoms with Crippen molar-refractivity contribution in [2.24, 2.45) is 0 Å². The first-order valence-corrected chi connectivity index (χ1v) is 9.29. The molecule has 0 saturated heterocycles. The lowest BCUT2D eigenvalue weighted by atomic mass is 10.2. The van der Waals surface area contributed by atoms with Crippen LogP contribution < -0.4 is 21.5 Å². The number of carbonyl (C=O) groups is 3. The number of nitrogens with one attached hydrogen (secondary N) is 2. The molecule has 1 aromatic heterocycles. The zero-order valence-electron chi connectivity index (χ0n) is 17.6. The molecule has 0 spiro atoms. The first-order chi connectivity index (χ1) is 14.4. The minimum Gasteiger partial charge on any atom is -0.480 e. The van der Waals surface area contributed by atoms with Crippen LogP contribution in [0.25, 0.3) is 0 Å². The summed E-state index contributed by atoms with van der Waals surface area (Å²) in [5.74, 6) is -2.04. The number of carbonyl (C=O) groups excluding carboxylic acids is 2. The van der Waals surface area contributed by atoms with Crippen LogP contribution in [0.3, 0.4) is 0 Å². The molecular weight excluding hydrogens is 408 g/mol. The van der Waals surface area contributed by atoms with Gasteiger partial charge in [-0.15, -0.1) is 0 Å². The highest BCUT2D eigenvalue weighted by Gasteiger charge is 2.24. The highest BCUT2D eigenvalue weighted by Crippen LogP contribution is 2.26. The predicted octanol–water partition coefficient (Wildman–Crippen LogP) is 1.31. The van der Waals surface area contributed by atoms with E-state index in [1.54, 1.807) is 32.9 Å². The van der Waals surface area contributed by atoms with Crippen LogP contribution in [0.2, 0.25) is 0 Å². The molecule has 0 bridgehead atoms. The van der Waals surface area contributed by atoms with Gasteiger partial charge in [-0.25, -0.2) is 9.59 Å². The Hall–Kier alpha value is -3.89. The van der Waals surface area contributed by atoms with Crippen LogP contribution >= 0.6 is 0 Å². The highest BCUT2D eigenvalue weighted by molar-refractivity contribution is 6.02. The predicted molar refractivity (Wildman–Crippen MR) is 112 cm³/mol. The number of rotatable bonds is 6. The second-order valence-corrected chi connectivity index (χ2v) is 7.72. The molecule has 11 nitrogen and oxygen atoms in total. The Labute approximate surface area is 177 Å². The van der Waals surface area contributed by atoms with E-state index in [9.17, 15) is 29.1 Å². The molecule has 2 aromatic rings. The van der Waals surface area contributed by atoms with Gasteiger partial charge >= 0.3 is 17.8 Å². The van der Waals surface area contributed by atoms with E-state index >= 15 is 0 Å². The minimum atomic E-state index is -1.30. The van der Waals surface area contributed by atoms with Crippen molar-refractivity contribution < 1.29 is 24.2 Å². The molecule has 1 aromatic carbocycles. The summed E-state index contributed by atoms with van der Waals surface area (Å²) >= 11 is 0. The molecule has 0 aliphatic carbocycles. The van der Waals surface area contributed by atoms with Crippen LogP contribution in [0.15, 0.2) is 40.1 Å². The summed E-state index contributed by atoms with van der Waals surface area (Å²) in [4.78, 5) is 63.0. The number of carboxylic acid groups (broad SMARTS) is 1. The summed E-state index contributed by atoms with van der Waals surface area (Å²) in [6.45, 7) is 5.27. The van der Waals surface area contributed by atoms with Crippen molar-refractivity contribution in [1.82, 2.24) is 9.55 Å². The molecule has 0 atom stereocenters. The van der Waals surface area contributed by atoms with Gasteiger partial charge in [0.1, 0.15) is 18.7 Å². The Kier molecular flexibility index (Phi) is 7.00. The molecule has 0 aliphatic heterocycles. The first kappa shape index (κ1) is 23.4. The van der Waals surface area contributed by atoms with Crippen molar-refractivity contribution in [3.05, 3.63) is 56.9 Å². The van der Waals surface area contributed by atoms with E-state index in [2.05, 4.69) is 10.3 Å². The fourth-order valence-electron chi connectivity index (χ4n) is 2.64. The molecule has 2 rings (SSSR count). The SMILES string of the molecule is Cc1cn(CC(=O)N(CC(=O)O)c2ccccc2NC(=O)OC(C)(C)C)c(=O)[nH]c1=O. The highest BCUT2D eigenvalue weighted by atomic mass is 16.6. The largest absolute Gasteiger partial charge is 0.480 e.